The molecule has 0 aliphatic heterocycles. The Bertz CT molecular complexity index is 870. The van der Waals surface area contributed by atoms with Gasteiger partial charge in [0.05, 0.1) is 23.6 Å². The Hall–Kier alpha value is -3.30. The van der Waals surface area contributed by atoms with E-state index in [2.05, 4.69) is 10.3 Å². The van der Waals surface area contributed by atoms with Crippen LogP contribution in [0.3, 0.4) is 0 Å². The molecule has 150 valence electrons. The Labute approximate surface area is 158 Å². The van der Waals surface area contributed by atoms with Gasteiger partial charge in [0.25, 0.3) is 5.69 Å². The van der Waals surface area contributed by atoms with Gasteiger partial charge in [0.1, 0.15) is 0 Å². The van der Waals surface area contributed by atoms with Crippen molar-refractivity contribution in [1.29, 1.82) is 0 Å². The molecule has 2 rings (SSSR count). The summed E-state index contributed by atoms with van der Waals surface area (Å²) in [5.74, 6) is 0.237. The molecule has 0 aliphatic carbocycles. The molecular weight excluding hydrogens is 379 g/mol. The van der Waals surface area contributed by atoms with Crippen LogP contribution in [-0.4, -0.2) is 35.9 Å². The number of phenols is 1. The molecule has 0 radical (unpaired) electrons. The van der Waals surface area contributed by atoms with Crippen molar-refractivity contribution < 1.29 is 27.9 Å². The average molecular weight is 397 g/mol. The molecule has 0 fully saturated rings. The minimum absolute atomic E-state index is 0.0588. The maximum Gasteiger partial charge on any atom is 0.418 e. The van der Waals surface area contributed by atoms with Crippen LogP contribution in [-0.2, 0) is 6.18 Å². The lowest BCUT2D eigenvalue weighted by Crippen LogP contribution is -2.13. The van der Waals surface area contributed by atoms with E-state index in [-0.39, 0.29) is 24.5 Å². The average Bonchev–Trinajstić information content (AvgIpc) is 2.63. The van der Waals surface area contributed by atoms with E-state index in [0.717, 1.165) is 12.1 Å². The van der Waals surface area contributed by atoms with Crippen molar-refractivity contribution in [2.24, 2.45) is 4.99 Å². The lowest BCUT2D eigenvalue weighted by atomic mass is 10.1. The Morgan fingerprint density at radius 1 is 1.32 bits per heavy atom. The summed E-state index contributed by atoms with van der Waals surface area (Å²) in [5.41, 5.74) is -1.61. The number of ether oxygens (including phenoxy) is 1. The van der Waals surface area contributed by atoms with Gasteiger partial charge in [-0.15, -0.1) is 0 Å². The molecule has 0 spiro atoms. The van der Waals surface area contributed by atoms with E-state index in [1.165, 1.54) is 6.21 Å². The summed E-state index contributed by atoms with van der Waals surface area (Å²) in [5, 5.41) is 23.3. The molecule has 0 aliphatic rings. The number of aromatic hydroxyl groups is 1. The van der Waals surface area contributed by atoms with Crippen LogP contribution in [0.5, 0.6) is 11.5 Å². The van der Waals surface area contributed by atoms with Gasteiger partial charge in [-0.1, -0.05) is 6.07 Å². The second kappa shape index (κ2) is 9.07. The van der Waals surface area contributed by atoms with E-state index in [1.807, 2.05) is 0 Å². The second-order valence-electron chi connectivity index (χ2n) is 5.57. The number of rotatable bonds is 8. The fourth-order valence-electron chi connectivity index (χ4n) is 2.37. The van der Waals surface area contributed by atoms with Crippen LogP contribution < -0.4 is 10.1 Å². The number of aliphatic imine (C=N–C) groups is 1. The Morgan fingerprint density at radius 3 is 2.71 bits per heavy atom. The maximum absolute atomic E-state index is 13.1. The highest BCUT2D eigenvalue weighted by molar-refractivity contribution is 5.84. The van der Waals surface area contributed by atoms with Crippen LogP contribution in [0.25, 0.3) is 0 Å². The first-order valence-corrected chi connectivity index (χ1v) is 8.28. The van der Waals surface area contributed by atoms with Gasteiger partial charge in [0.2, 0.25) is 0 Å². The van der Waals surface area contributed by atoms with E-state index >= 15 is 0 Å². The van der Waals surface area contributed by atoms with Crippen LogP contribution in [0.4, 0.5) is 24.5 Å². The number of nitrogens with one attached hydrogen (secondary N) is 1. The number of halogens is 3. The smallest absolute Gasteiger partial charge is 0.418 e. The quantitative estimate of drug-likeness (QED) is 0.300. The largest absolute Gasteiger partial charge is 0.504 e. The van der Waals surface area contributed by atoms with Gasteiger partial charge in [0.15, 0.2) is 11.5 Å². The van der Waals surface area contributed by atoms with E-state index < -0.39 is 22.4 Å². The number of hydrogen-bond acceptors (Lipinski definition) is 6. The molecule has 0 saturated heterocycles. The number of para-hydroxylation sites is 1. The second-order valence-corrected chi connectivity index (χ2v) is 5.57. The molecule has 7 nitrogen and oxygen atoms in total. The summed E-state index contributed by atoms with van der Waals surface area (Å²) in [6, 6.07) is 7.40. The molecule has 10 heteroatoms. The molecular formula is C18H18F3N3O4. The highest BCUT2D eigenvalue weighted by atomic mass is 19.4. The van der Waals surface area contributed by atoms with Crippen LogP contribution in [0.1, 0.15) is 18.1 Å². The van der Waals surface area contributed by atoms with Gasteiger partial charge >= 0.3 is 6.18 Å². The standard InChI is InChI=1S/C18H18F3N3O4/c1-2-28-16-5-3-4-12(17(16)25)11-22-8-9-23-15-7-6-13(24(26)27)10-14(15)18(19,20)21/h3-7,10-11,23,25H,2,8-9H2,1H3. The van der Waals surface area contributed by atoms with Crippen molar-refractivity contribution >= 4 is 17.6 Å². The van der Waals surface area contributed by atoms with Crippen molar-refractivity contribution in [2.45, 2.75) is 13.1 Å². The van der Waals surface area contributed by atoms with Gasteiger partial charge in [0, 0.05) is 36.1 Å². The zero-order valence-corrected chi connectivity index (χ0v) is 14.9. The first kappa shape index (κ1) is 21.0. The molecule has 2 aromatic carbocycles. The third-order valence-corrected chi connectivity index (χ3v) is 3.64. The lowest BCUT2D eigenvalue weighted by Gasteiger charge is -2.13. The van der Waals surface area contributed by atoms with Crippen LogP contribution in [0, 0.1) is 10.1 Å². The molecule has 0 aromatic heterocycles. The van der Waals surface area contributed by atoms with Crippen LogP contribution in [0.15, 0.2) is 41.4 Å². The van der Waals surface area contributed by atoms with Crippen LogP contribution >= 0.6 is 0 Å². The molecule has 0 unspecified atom stereocenters. The Balaban J connectivity index is 2.03. The highest BCUT2D eigenvalue weighted by Gasteiger charge is 2.35. The maximum atomic E-state index is 13.1. The summed E-state index contributed by atoms with van der Waals surface area (Å²) < 4.78 is 44.6. The van der Waals surface area contributed by atoms with E-state index in [4.69, 9.17) is 4.74 Å². The lowest BCUT2D eigenvalue weighted by molar-refractivity contribution is -0.385. The number of nitro benzene ring substituents is 1. The van der Waals surface area contributed by atoms with E-state index in [1.54, 1.807) is 25.1 Å². The third-order valence-electron chi connectivity index (χ3n) is 3.64. The Kier molecular flexibility index (Phi) is 6.80. The number of hydrogen-bond donors (Lipinski definition) is 2. The SMILES string of the molecule is CCOc1cccc(C=NCCNc2ccc([N+](=O)[O-])cc2C(F)(F)F)c1O. The molecule has 0 bridgehead atoms. The van der Waals surface area contributed by atoms with E-state index in [9.17, 15) is 28.4 Å². The van der Waals surface area contributed by atoms with Gasteiger partial charge in [-0.2, -0.15) is 13.2 Å². The number of non-ortho nitro benzene ring substituents is 1. The number of alkyl halides is 3. The predicted molar refractivity (Wildman–Crippen MR) is 98.3 cm³/mol. The molecule has 0 saturated carbocycles. The van der Waals surface area contributed by atoms with Crippen LogP contribution in [0.2, 0.25) is 0 Å². The van der Waals surface area contributed by atoms with Gasteiger partial charge in [-0.3, -0.25) is 15.1 Å². The molecule has 2 aromatic rings. The number of phenolic OH excluding ortho intramolecular Hbond substituents is 1. The zero-order valence-electron chi connectivity index (χ0n) is 14.9. The normalized spacial score (nSPS) is 11.6. The molecule has 0 heterocycles. The zero-order chi connectivity index (χ0) is 20.7. The summed E-state index contributed by atoms with van der Waals surface area (Å²) in [4.78, 5) is 13.9. The third kappa shape index (κ3) is 5.35. The summed E-state index contributed by atoms with van der Waals surface area (Å²) >= 11 is 0. The number of nitrogens with zero attached hydrogens (tertiary/aromatic N) is 2. The molecule has 0 atom stereocenters. The molecule has 2 N–H and O–H groups in total. The molecule has 28 heavy (non-hydrogen) atoms. The van der Waals surface area contributed by atoms with Gasteiger partial charge in [-0.05, 0) is 25.1 Å². The van der Waals surface area contributed by atoms with Crippen molar-refractivity contribution in [3.8, 4) is 11.5 Å². The monoisotopic (exact) mass is 397 g/mol. The Morgan fingerprint density at radius 2 is 2.07 bits per heavy atom. The minimum atomic E-state index is -4.73. The fourth-order valence-corrected chi connectivity index (χ4v) is 2.37. The first-order valence-electron chi connectivity index (χ1n) is 8.28. The first-order chi connectivity index (χ1) is 13.2. The summed E-state index contributed by atoms with van der Waals surface area (Å²) in [7, 11) is 0. The van der Waals surface area contributed by atoms with Crippen molar-refractivity contribution in [3.05, 3.63) is 57.6 Å². The van der Waals surface area contributed by atoms with Gasteiger partial charge in [-0.25, -0.2) is 0 Å². The predicted octanol–water partition coefficient (Wildman–Crippen LogP) is 4.25. The van der Waals surface area contributed by atoms with Crippen molar-refractivity contribution in [1.82, 2.24) is 0 Å². The van der Waals surface area contributed by atoms with Crippen molar-refractivity contribution in [3.63, 3.8) is 0 Å². The minimum Gasteiger partial charge on any atom is -0.504 e. The number of benzene rings is 2. The van der Waals surface area contributed by atoms with Gasteiger partial charge < -0.3 is 15.2 Å². The highest BCUT2D eigenvalue weighted by Crippen LogP contribution is 2.37. The number of nitro groups is 1. The summed E-state index contributed by atoms with van der Waals surface area (Å²) in [6.45, 7) is 2.34. The summed E-state index contributed by atoms with van der Waals surface area (Å²) in [6.07, 6.45) is -3.34. The van der Waals surface area contributed by atoms with E-state index in [0.29, 0.717) is 24.0 Å². The van der Waals surface area contributed by atoms with Crippen molar-refractivity contribution in [2.75, 3.05) is 25.0 Å². The molecule has 0 amide bonds. The topological polar surface area (TPSA) is 97.0 Å². The number of anilines is 1. The fraction of sp³-hybridized carbons (Fsp3) is 0.278.